The smallest absolute Gasteiger partial charge is 0.264 e. The Kier molecular flexibility index (Phi) is 6.97. The van der Waals surface area contributed by atoms with Gasteiger partial charge in [0.2, 0.25) is 0 Å². The van der Waals surface area contributed by atoms with Gasteiger partial charge in [0.05, 0.1) is 11.6 Å². The monoisotopic (exact) mass is 432 g/mol. The van der Waals surface area contributed by atoms with Gasteiger partial charge in [-0.15, -0.1) is 0 Å². The number of amides is 1. The highest BCUT2D eigenvalue weighted by Crippen LogP contribution is 2.37. The van der Waals surface area contributed by atoms with Crippen molar-refractivity contribution in [1.82, 2.24) is 4.90 Å². The van der Waals surface area contributed by atoms with Gasteiger partial charge in [0.25, 0.3) is 5.91 Å². The number of nitriles is 1. The Bertz CT molecular complexity index is 920. The van der Waals surface area contributed by atoms with E-state index in [2.05, 4.69) is 15.9 Å². The number of hydrogen-bond acceptors (Lipinski definition) is 4. The largest absolute Gasteiger partial charge is 0.493 e. The highest BCUT2D eigenvalue weighted by atomic mass is 79.9. The average molecular weight is 433 g/mol. The molecular formula is C20H18BrFN2O3. The first-order valence-electron chi connectivity index (χ1n) is 7.94. The predicted molar refractivity (Wildman–Crippen MR) is 104 cm³/mol. The lowest BCUT2D eigenvalue weighted by molar-refractivity contribution is -0.124. The van der Waals surface area contributed by atoms with E-state index in [9.17, 15) is 14.4 Å². The van der Waals surface area contributed by atoms with Gasteiger partial charge in [-0.05, 0) is 57.4 Å². The van der Waals surface area contributed by atoms with Crippen molar-refractivity contribution in [1.29, 1.82) is 5.26 Å². The first-order valence-corrected chi connectivity index (χ1v) is 8.73. The van der Waals surface area contributed by atoms with E-state index in [1.807, 2.05) is 6.07 Å². The standard InChI is InChI=1S/C20H18BrFN2O3/c1-24(2)20(25)15(11-23)7-14-9-17(21)19(18(10-14)26-3)27-12-13-5-4-6-16(22)8-13/h4-10H,12H2,1-3H3/b15-7-. The number of methoxy groups -OCH3 is 1. The highest BCUT2D eigenvalue weighted by molar-refractivity contribution is 9.10. The Morgan fingerprint density at radius 2 is 2.07 bits per heavy atom. The summed E-state index contributed by atoms with van der Waals surface area (Å²) < 4.78 is 25.0. The first kappa shape index (κ1) is 20.5. The minimum Gasteiger partial charge on any atom is -0.493 e. The van der Waals surface area contributed by atoms with E-state index in [1.165, 1.54) is 30.2 Å². The fourth-order valence-corrected chi connectivity index (χ4v) is 2.87. The zero-order valence-electron chi connectivity index (χ0n) is 15.1. The predicted octanol–water partition coefficient (Wildman–Crippen LogP) is 4.17. The lowest BCUT2D eigenvalue weighted by atomic mass is 10.1. The molecule has 0 heterocycles. The van der Waals surface area contributed by atoms with E-state index < -0.39 is 0 Å². The summed E-state index contributed by atoms with van der Waals surface area (Å²) in [5.74, 6) is 0.134. The normalized spacial score (nSPS) is 10.9. The minimum absolute atomic E-state index is 0.00221. The van der Waals surface area contributed by atoms with Crippen LogP contribution in [0.3, 0.4) is 0 Å². The fourth-order valence-electron chi connectivity index (χ4n) is 2.29. The van der Waals surface area contributed by atoms with E-state index in [4.69, 9.17) is 9.47 Å². The summed E-state index contributed by atoms with van der Waals surface area (Å²) in [5, 5.41) is 9.23. The van der Waals surface area contributed by atoms with Crippen molar-refractivity contribution in [3.63, 3.8) is 0 Å². The molecule has 27 heavy (non-hydrogen) atoms. The van der Waals surface area contributed by atoms with Crippen LogP contribution >= 0.6 is 15.9 Å². The number of halogens is 2. The molecule has 0 aromatic heterocycles. The Morgan fingerprint density at radius 3 is 2.67 bits per heavy atom. The summed E-state index contributed by atoms with van der Waals surface area (Å²) in [6.07, 6.45) is 1.48. The van der Waals surface area contributed by atoms with E-state index in [0.717, 1.165) is 0 Å². The molecule has 140 valence electrons. The van der Waals surface area contributed by atoms with Crippen LogP contribution < -0.4 is 9.47 Å². The van der Waals surface area contributed by atoms with Crippen LogP contribution in [-0.4, -0.2) is 32.0 Å². The van der Waals surface area contributed by atoms with Gasteiger partial charge in [0, 0.05) is 14.1 Å². The molecule has 0 aliphatic carbocycles. The second-order valence-corrected chi connectivity index (χ2v) is 6.68. The van der Waals surface area contributed by atoms with Crippen molar-refractivity contribution in [3.05, 3.63) is 63.4 Å². The Hall–Kier alpha value is -2.85. The van der Waals surface area contributed by atoms with Crippen LogP contribution in [0, 0.1) is 17.1 Å². The van der Waals surface area contributed by atoms with E-state index in [-0.39, 0.29) is 23.9 Å². The van der Waals surface area contributed by atoms with Gasteiger partial charge in [0.1, 0.15) is 24.1 Å². The third-order valence-electron chi connectivity index (χ3n) is 3.59. The molecule has 0 atom stereocenters. The number of likely N-dealkylation sites (N-methyl/N-ethyl adjacent to an activating group) is 1. The maximum Gasteiger partial charge on any atom is 0.264 e. The molecule has 0 bridgehead atoms. The van der Waals surface area contributed by atoms with Crippen LogP contribution in [0.1, 0.15) is 11.1 Å². The molecule has 0 N–H and O–H groups in total. The number of carbonyl (C=O) groups excluding carboxylic acids is 1. The van der Waals surface area contributed by atoms with Crippen molar-refractivity contribution in [2.24, 2.45) is 0 Å². The second kappa shape index (κ2) is 9.19. The molecule has 0 aliphatic heterocycles. The van der Waals surface area contributed by atoms with E-state index in [1.54, 1.807) is 38.4 Å². The molecule has 0 aliphatic rings. The van der Waals surface area contributed by atoms with E-state index >= 15 is 0 Å². The maximum atomic E-state index is 13.3. The van der Waals surface area contributed by atoms with Crippen LogP contribution in [0.15, 0.2) is 46.4 Å². The van der Waals surface area contributed by atoms with Crippen LogP contribution in [0.25, 0.3) is 6.08 Å². The SMILES string of the molecule is COc1cc(/C=C(/C#N)C(=O)N(C)C)cc(Br)c1OCc1cccc(F)c1. The lowest BCUT2D eigenvalue weighted by Gasteiger charge is -2.14. The van der Waals surface area contributed by atoms with Gasteiger partial charge in [-0.2, -0.15) is 5.26 Å². The number of benzene rings is 2. The average Bonchev–Trinajstić information content (AvgIpc) is 2.64. The van der Waals surface area contributed by atoms with Crippen LogP contribution in [0.5, 0.6) is 11.5 Å². The summed E-state index contributed by atoms with van der Waals surface area (Å²) in [7, 11) is 4.64. The zero-order chi connectivity index (χ0) is 20.0. The highest BCUT2D eigenvalue weighted by Gasteiger charge is 2.15. The van der Waals surface area contributed by atoms with Gasteiger partial charge in [-0.3, -0.25) is 4.79 Å². The summed E-state index contributed by atoms with van der Waals surface area (Å²) >= 11 is 3.42. The van der Waals surface area contributed by atoms with E-state index in [0.29, 0.717) is 27.1 Å². The molecule has 2 rings (SSSR count). The number of nitrogens with zero attached hydrogens (tertiary/aromatic N) is 2. The second-order valence-electron chi connectivity index (χ2n) is 5.82. The summed E-state index contributed by atoms with van der Waals surface area (Å²) in [6.45, 7) is 0.157. The lowest BCUT2D eigenvalue weighted by Crippen LogP contribution is -2.22. The molecule has 2 aromatic carbocycles. The van der Waals surface area contributed by atoms with Gasteiger partial charge in [-0.1, -0.05) is 12.1 Å². The molecule has 1 amide bonds. The van der Waals surface area contributed by atoms with Gasteiger partial charge >= 0.3 is 0 Å². The first-order chi connectivity index (χ1) is 12.8. The Morgan fingerprint density at radius 1 is 1.33 bits per heavy atom. The maximum absolute atomic E-state index is 13.3. The zero-order valence-corrected chi connectivity index (χ0v) is 16.7. The molecule has 0 spiro atoms. The van der Waals surface area contributed by atoms with Crippen LogP contribution in [0.4, 0.5) is 4.39 Å². The summed E-state index contributed by atoms with van der Waals surface area (Å²) in [6, 6.07) is 11.4. The fraction of sp³-hybridized carbons (Fsp3) is 0.200. The molecule has 2 aromatic rings. The summed E-state index contributed by atoms with van der Waals surface area (Å²) in [4.78, 5) is 13.3. The number of rotatable bonds is 6. The molecular weight excluding hydrogens is 415 g/mol. The molecule has 0 fully saturated rings. The van der Waals surface area contributed by atoms with Crippen molar-refractivity contribution in [2.75, 3.05) is 21.2 Å². The molecule has 0 saturated heterocycles. The number of ether oxygens (including phenoxy) is 2. The molecule has 5 nitrogen and oxygen atoms in total. The number of carbonyl (C=O) groups is 1. The van der Waals surface area contributed by atoms with Gasteiger partial charge in [0.15, 0.2) is 11.5 Å². The Balaban J connectivity index is 2.31. The quantitative estimate of drug-likeness (QED) is 0.507. The number of hydrogen-bond donors (Lipinski definition) is 0. The van der Waals surface area contributed by atoms with Crippen molar-refractivity contribution in [2.45, 2.75) is 6.61 Å². The third kappa shape index (κ3) is 5.31. The Labute approximate surface area is 165 Å². The molecule has 0 saturated carbocycles. The van der Waals surface area contributed by atoms with Gasteiger partial charge in [-0.25, -0.2) is 4.39 Å². The van der Waals surface area contributed by atoms with Crippen molar-refractivity contribution < 1.29 is 18.7 Å². The minimum atomic E-state index is -0.390. The third-order valence-corrected chi connectivity index (χ3v) is 4.18. The van der Waals surface area contributed by atoms with Crippen LogP contribution in [0.2, 0.25) is 0 Å². The topological polar surface area (TPSA) is 62.6 Å². The van der Waals surface area contributed by atoms with Crippen LogP contribution in [-0.2, 0) is 11.4 Å². The molecule has 0 unspecified atom stereocenters. The summed E-state index contributed by atoms with van der Waals surface area (Å²) in [5.41, 5.74) is 1.28. The molecule has 0 radical (unpaired) electrons. The van der Waals surface area contributed by atoms with Crippen molar-refractivity contribution >= 4 is 27.9 Å². The van der Waals surface area contributed by atoms with Gasteiger partial charge < -0.3 is 14.4 Å². The van der Waals surface area contributed by atoms with Crippen molar-refractivity contribution in [3.8, 4) is 17.6 Å². The molecule has 7 heteroatoms.